The predicted molar refractivity (Wildman–Crippen MR) is 61.7 cm³/mol. The Kier molecular flexibility index (Phi) is 5.03. The summed E-state index contributed by atoms with van der Waals surface area (Å²) in [5.41, 5.74) is -0.343. The molecule has 0 amide bonds. The third-order valence-electron chi connectivity index (χ3n) is 3.12. The van der Waals surface area contributed by atoms with Crippen LogP contribution in [0.25, 0.3) is 0 Å². The largest absolute Gasteiger partial charge is 0.396 e. The molecule has 1 aliphatic carbocycles. The molecule has 0 radical (unpaired) electrons. The predicted octanol–water partition coefficient (Wildman–Crippen LogP) is 1.10. The molecule has 3 heteroatoms. The first-order chi connectivity index (χ1) is 7.13. The van der Waals surface area contributed by atoms with E-state index < -0.39 is 0 Å². The van der Waals surface area contributed by atoms with Gasteiger partial charge in [-0.1, -0.05) is 13.8 Å². The van der Waals surface area contributed by atoms with Crippen LogP contribution in [0.15, 0.2) is 0 Å². The highest BCUT2D eigenvalue weighted by Crippen LogP contribution is 2.30. The smallest absolute Gasteiger partial charge is 0.0519 e. The third-order valence-corrected chi connectivity index (χ3v) is 3.12. The van der Waals surface area contributed by atoms with Crippen LogP contribution >= 0.6 is 0 Å². The summed E-state index contributed by atoms with van der Waals surface area (Å²) >= 11 is 0. The minimum atomic E-state index is -0.343. The van der Waals surface area contributed by atoms with Crippen molar-refractivity contribution >= 4 is 0 Å². The fourth-order valence-electron chi connectivity index (χ4n) is 1.91. The SMILES string of the molecule is CCCN(CC1CC1)CC(C)(CO)CO. The Labute approximate surface area is 93.1 Å². The Morgan fingerprint density at radius 1 is 1.27 bits per heavy atom. The van der Waals surface area contributed by atoms with E-state index >= 15 is 0 Å². The third kappa shape index (κ3) is 4.49. The van der Waals surface area contributed by atoms with Crippen molar-refractivity contribution in [3.63, 3.8) is 0 Å². The number of hydrogen-bond donors (Lipinski definition) is 2. The van der Waals surface area contributed by atoms with E-state index in [1.807, 2.05) is 6.92 Å². The molecule has 0 aromatic rings. The summed E-state index contributed by atoms with van der Waals surface area (Å²) in [6.07, 6.45) is 3.85. The second-order valence-electron chi connectivity index (χ2n) is 5.31. The molecule has 0 bridgehead atoms. The van der Waals surface area contributed by atoms with Crippen LogP contribution in [0.4, 0.5) is 0 Å². The van der Waals surface area contributed by atoms with Crippen molar-refractivity contribution in [3.8, 4) is 0 Å². The summed E-state index contributed by atoms with van der Waals surface area (Å²) in [6, 6.07) is 0. The average molecular weight is 215 g/mol. The topological polar surface area (TPSA) is 43.7 Å². The van der Waals surface area contributed by atoms with Crippen LogP contribution in [0.2, 0.25) is 0 Å². The molecule has 3 nitrogen and oxygen atoms in total. The van der Waals surface area contributed by atoms with Crippen molar-refractivity contribution in [2.24, 2.45) is 11.3 Å². The highest BCUT2D eigenvalue weighted by Gasteiger charge is 2.29. The monoisotopic (exact) mass is 215 g/mol. The molecule has 0 unspecified atom stereocenters. The maximum Gasteiger partial charge on any atom is 0.0519 e. The molecule has 0 aromatic heterocycles. The van der Waals surface area contributed by atoms with Crippen LogP contribution in [0.1, 0.15) is 33.1 Å². The molecule has 1 rings (SSSR count). The standard InChI is InChI=1S/C12H25NO2/c1-3-6-13(7-11-4-5-11)8-12(2,9-14)10-15/h11,14-15H,3-10H2,1-2H3. The van der Waals surface area contributed by atoms with Crippen molar-refractivity contribution in [3.05, 3.63) is 0 Å². The molecule has 0 aromatic carbocycles. The lowest BCUT2D eigenvalue weighted by Gasteiger charge is -2.32. The highest BCUT2D eigenvalue weighted by molar-refractivity contribution is 4.82. The summed E-state index contributed by atoms with van der Waals surface area (Å²) in [5, 5.41) is 18.5. The Morgan fingerprint density at radius 2 is 1.87 bits per heavy atom. The normalized spacial score (nSPS) is 17.4. The summed E-state index contributed by atoms with van der Waals surface area (Å²) < 4.78 is 0. The molecule has 0 atom stereocenters. The van der Waals surface area contributed by atoms with Gasteiger partial charge < -0.3 is 15.1 Å². The molecule has 0 spiro atoms. The first-order valence-corrected chi connectivity index (χ1v) is 6.07. The molecule has 0 aliphatic heterocycles. The molecular weight excluding hydrogens is 190 g/mol. The lowest BCUT2D eigenvalue weighted by Crippen LogP contribution is -2.42. The highest BCUT2D eigenvalue weighted by atomic mass is 16.3. The van der Waals surface area contributed by atoms with Gasteiger partial charge in [-0.2, -0.15) is 0 Å². The van der Waals surface area contributed by atoms with Gasteiger partial charge in [0.2, 0.25) is 0 Å². The minimum Gasteiger partial charge on any atom is -0.396 e. The molecule has 1 saturated carbocycles. The zero-order chi connectivity index (χ0) is 11.3. The summed E-state index contributed by atoms with van der Waals surface area (Å²) in [4.78, 5) is 2.39. The maximum atomic E-state index is 9.27. The van der Waals surface area contributed by atoms with Crippen LogP contribution in [0, 0.1) is 11.3 Å². The number of rotatable bonds is 8. The van der Waals surface area contributed by atoms with Gasteiger partial charge in [0.15, 0.2) is 0 Å². The van der Waals surface area contributed by atoms with E-state index in [4.69, 9.17) is 0 Å². The van der Waals surface area contributed by atoms with E-state index in [0.717, 1.165) is 32.0 Å². The molecule has 1 fully saturated rings. The van der Waals surface area contributed by atoms with E-state index in [0.29, 0.717) is 0 Å². The van der Waals surface area contributed by atoms with Crippen LogP contribution in [-0.2, 0) is 0 Å². The Morgan fingerprint density at radius 3 is 2.27 bits per heavy atom. The van der Waals surface area contributed by atoms with Crippen LogP contribution in [0.3, 0.4) is 0 Å². The molecule has 15 heavy (non-hydrogen) atoms. The van der Waals surface area contributed by atoms with Crippen molar-refractivity contribution in [1.82, 2.24) is 4.90 Å². The van der Waals surface area contributed by atoms with E-state index in [2.05, 4.69) is 11.8 Å². The maximum absolute atomic E-state index is 9.27. The number of nitrogens with zero attached hydrogens (tertiary/aromatic N) is 1. The first-order valence-electron chi connectivity index (χ1n) is 6.07. The molecule has 1 aliphatic rings. The number of aliphatic hydroxyl groups excluding tert-OH is 2. The van der Waals surface area contributed by atoms with Gasteiger partial charge in [0, 0.05) is 18.5 Å². The fraction of sp³-hybridized carbons (Fsp3) is 1.00. The van der Waals surface area contributed by atoms with Gasteiger partial charge in [-0.25, -0.2) is 0 Å². The van der Waals surface area contributed by atoms with E-state index in [9.17, 15) is 10.2 Å². The first kappa shape index (κ1) is 12.9. The van der Waals surface area contributed by atoms with E-state index in [-0.39, 0.29) is 18.6 Å². The van der Waals surface area contributed by atoms with E-state index in [1.165, 1.54) is 12.8 Å². The van der Waals surface area contributed by atoms with Gasteiger partial charge >= 0.3 is 0 Å². The number of hydrogen-bond acceptors (Lipinski definition) is 3. The molecule has 2 N–H and O–H groups in total. The van der Waals surface area contributed by atoms with Gasteiger partial charge in [-0.3, -0.25) is 0 Å². The molecule has 90 valence electrons. The molecule has 0 saturated heterocycles. The van der Waals surface area contributed by atoms with Crippen LogP contribution in [-0.4, -0.2) is 48.0 Å². The summed E-state index contributed by atoms with van der Waals surface area (Å²) in [7, 11) is 0. The second kappa shape index (κ2) is 5.83. The summed E-state index contributed by atoms with van der Waals surface area (Å²) in [5.74, 6) is 0.873. The van der Waals surface area contributed by atoms with Gasteiger partial charge in [0.25, 0.3) is 0 Å². The van der Waals surface area contributed by atoms with E-state index in [1.54, 1.807) is 0 Å². The van der Waals surface area contributed by atoms with Crippen molar-refractivity contribution in [2.75, 3.05) is 32.8 Å². The zero-order valence-corrected chi connectivity index (χ0v) is 10.1. The van der Waals surface area contributed by atoms with Gasteiger partial charge in [-0.15, -0.1) is 0 Å². The molecule has 0 heterocycles. The lowest BCUT2D eigenvalue weighted by molar-refractivity contribution is 0.0337. The van der Waals surface area contributed by atoms with Crippen LogP contribution < -0.4 is 0 Å². The zero-order valence-electron chi connectivity index (χ0n) is 10.1. The minimum absolute atomic E-state index is 0.0639. The Hall–Kier alpha value is -0.120. The summed E-state index contributed by atoms with van der Waals surface area (Å²) in [6.45, 7) is 7.28. The van der Waals surface area contributed by atoms with Crippen molar-refractivity contribution in [1.29, 1.82) is 0 Å². The fourth-order valence-corrected chi connectivity index (χ4v) is 1.91. The molecular formula is C12H25NO2. The quantitative estimate of drug-likeness (QED) is 0.637. The van der Waals surface area contributed by atoms with Gasteiger partial charge in [0.1, 0.15) is 0 Å². The lowest BCUT2D eigenvalue weighted by atomic mass is 9.92. The Balaban J connectivity index is 2.39. The van der Waals surface area contributed by atoms with Crippen molar-refractivity contribution < 1.29 is 10.2 Å². The van der Waals surface area contributed by atoms with Crippen molar-refractivity contribution in [2.45, 2.75) is 33.1 Å². The van der Waals surface area contributed by atoms with Gasteiger partial charge in [0.05, 0.1) is 13.2 Å². The van der Waals surface area contributed by atoms with Crippen LogP contribution in [0.5, 0.6) is 0 Å². The average Bonchev–Trinajstić information content (AvgIpc) is 3.02. The van der Waals surface area contributed by atoms with Gasteiger partial charge in [-0.05, 0) is 31.7 Å². The number of aliphatic hydroxyl groups is 2. The second-order valence-corrected chi connectivity index (χ2v) is 5.31. The Bertz CT molecular complexity index is 176.